The molecule has 24 heavy (non-hydrogen) atoms. The van der Waals surface area contributed by atoms with Gasteiger partial charge in [0.05, 0.1) is 12.2 Å². The van der Waals surface area contributed by atoms with Gasteiger partial charge in [0.2, 0.25) is 15.9 Å². The lowest BCUT2D eigenvalue weighted by Gasteiger charge is -2.25. The fraction of sp³-hybridized carbons (Fsp3) is 0.278. The average Bonchev–Trinajstić information content (AvgIpc) is 3.08. The highest BCUT2D eigenvalue weighted by Gasteiger charge is 2.45. The quantitative estimate of drug-likeness (QED) is 0.842. The van der Waals surface area contributed by atoms with E-state index in [0.717, 1.165) is 12.0 Å². The molecule has 1 fully saturated rings. The van der Waals surface area contributed by atoms with Crippen molar-refractivity contribution in [1.29, 1.82) is 0 Å². The van der Waals surface area contributed by atoms with Crippen LogP contribution in [0.2, 0.25) is 0 Å². The number of carbonyl (C=O) groups is 1. The monoisotopic (exact) mass is 342 g/mol. The minimum atomic E-state index is -3.64. The number of nitrogens with zero attached hydrogens (tertiary/aromatic N) is 2. The van der Waals surface area contributed by atoms with Crippen LogP contribution < -0.4 is 4.90 Å². The highest BCUT2D eigenvalue weighted by Crippen LogP contribution is 2.37. The number of fused-ring (bicyclic) bond motifs is 2. The minimum absolute atomic E-state index is 0.134. The van der Waals surface area contributed by atoms with Crippen LogP contribution in [0.5, 0.6) is 0 Å². The molecule has 4 rings (SSSR count). The molecule has 1 atom stereocenters. The Morgan fingerprint density at radius 1 is 1.00 bits per heavy atom. The molecule has 2 aliphatic rings. The van der Waals surface area contributed by atoms with Crippen molar-refractivity contribution in [1.82, 2.24) is 4.31 Å². The Hall–Kier alpha value is -2.18. The second-order valence-corrected chi connectivity index (χ2v) is 8.01. The number of carbonyl (C=O) groups excluding carboxylic acids is 1. The van der Waals surface area contributed by atoms with Crippen LogP contribution in [0.15, 0.2) is 59.5 Å². The number of sulfonamides is 1. The first-order valence-electron chi connectivity index (χ1n) is 8.05. The molecule has 0 bridgehead atoms. The Morgan fingerprint density at radius 2 is 1.71 bits per heavy atom. The smallest absolute Gasteiger partial charge is 0.245 e. The second kappa shape index (κ2) is 5.72. The summed E-state index contributed by atoms with van der Waals surface area (Å²) in [5, 5.41) is 0. The van der Waals surface area contributed by atoms with Crippen LogP contribution in [0.1, 0.15) is 18.4 Å². The van der Waals surface area contributed by atoms with Crippen LogP contribution in [0.3, 0.4) is 0 Å². The van der Waals surface area contributed by atoms with Gasteiger partial charge < -0.3 is 4.90 Å². The SMILES string of the molecule is O=C1[C@@H]2CCCN2S(=O)(=O)c2ccccc2N1Cc1ccccc1. The largest absolute Gasteiger partial charge is 0.305 e. The lowest BCUT2D eigenvalue weighted by Crippen LogP contribution is -2.44. The van der Waals surface area contributed by atoms with E-state index in [1.165, 1.54) is 4.31 Å². The maximum atomic E-state index is 13.1. The van der Waals surface area contributed by atoms with Gasteiger partial charge in [0.15, 0.2) is 0 Å². The van der Waals surface area contributed by atoms with Crippen molar-refractivity contribution in [3.63, 3.8) is 0 Å². The van der Waals surface area contributed by atoms with Gasteiger partial charge in [-0.1, -0.05) is 42.5 Å². The lowest BCUT2D eigenvalue weighted by molar-refractivity contribution is -0.121. The van der Waals surface area contributed by atoms with Crippen LogP contribution in [0.25, 0.3) is 0 Å². The summed E-state index contributed by atoms with van der Waals surface area (Å²) in [4.78, 5) is 14.9. The normalized spacial score (nSPS) is 22.8. The molecule has 0 saturated carbocycles. The molecule has 2 aromatic carbocycles. The number of hydrogen-bond donors (Lipinski definition) is 0. The highest BCUT2D eigenvalue weighted by molar-refractivity contribution is 7.89. The van der Waals surface area contributed by atoms with Gasteiger partial charge in [-0.25, -0.2) is 8.42 Å². The fourth-order valence-corrected chi connectivity index (χ4v) is 5.37. The topological polar surface area (TPSA) is 57.7 Å². The van der Waals surface area contributed by atoms with Crippen molar-refractivity contribution in [2.75, 3.05) is 11.4 Å². The van der Waals surface area contributed by atoms with Gasteiger partial charge >= 0.3 is 0 Å². The fourth-order valence-electron chi connectivity index (χ4n) is 3.53. The van der Waals surface area contributed by atoms with E-state index in [-0.39, 0.29) is 10.8 Å². The summed E-state index contributed by atoms with van der Waals surface area (Å²) in [6.45, 7) is 0.781. The van der Waals surface area contributed by atoms with Gasteiger partial charge in [-0.05, 0) is 30.5 Å². The summed E-state index contributed by atoms with van der Waals surface area (Å²) in [6, 6.07) is 15.9. The van der Waals surface area contributed by atoms with Gasteiger partial charge in [-0.3, -0.25) is 4.79 Å². The molecule has 6 heteroatoms. The molecule has 2 heterocycles. The zero-order chi connectivity index (χ0) is 16.7. The van der Waals surface area contributed by atoms with E-state index < -0.39 is 16.1 Å². The first-order chi connectivity index (χ1) is 11.6. The number of anilines is 1. The molecule has 124 valence electrons. The molecule has 1 amide bonds. The van der Waals surface area contributed by atoms with Crippen molar-refractivity contribution in [3.8, 4) is 0 Å². The zero-order valence-electron chi connectivity index (χ0n) is 13.1. The van der Waals surface area contributed by atoms with Crippen LogP contribution in [0.4, 0.5) is 5.69 Å². The number of hydrogen-bond acceptors (Lipinski definition) is 3. The molecule has 5 nitrogen and oxygen atoms in total. The van der Waals surface area contributed by atoms with Gasteiger partial charge in [-0.2, -0.15) is 4.31 Å². The minimum Gasteiger partial charge on any atom is -0.305 e. The molecule has 2 aromatic rings. The third-order valence-corrected chi connectivity index (χ3v) is 6.64. The number of rotatable bonds is 2. The molecular weight excluding hydrogens is 324 g/mol. The first-order valence-corrected chi connectivity index (χ1v) is 9.49. The predicted molar refractivity (Wildman–Crippen MR) is 91.0 cm³/mol. The summed E-state index contributed by atoms with van der Waals surface area (Å²) in [5.41, 5.74) is 1.45. The summed E-state index contributed by atoms with van der Waals surface area (Å²) < 4.78 is 27.4. The molecule has 2 aliphatic heterocycles. The van der Waals surface area contributed by atoms with E-state index in [9.17, 15) is 13.2 Å². The molecule has 0 spiro atoms. The van der Waals surface area contributed by atoms with Gasteiger partial charge in [0.1, 0.15) is 10.9 Å². The standard InChI is InChI=1S/C18H18N2O3S/c21-18-16-10-6-12-20(16)24(22,23)17-11-5-4-9-15(17)19(18)13-14-7-2-1-3-8-14/h1-5,7-9,11,16H,6,10,12-13H2/t16-/m0/s1. The maximum Gasteiger partial charge on any atom is 0.245 e. The van der Waals surface area contributed by atoms with Crippen LogP contribution in [0, 0.1) is 0 Å². The Labute approximate surface area is 141 Å². The molecule has 0 aromatic heterocycles. The Balaban J connectivity index is 1.87. The summed E-state index contributed by atoms with van der Waals surface area (Å²) in [5.74, 6) is -0.134. The Morgan fingerprint density at radius 3 is 2.50 bits per heavy atom. The zero-order valence-corrected chi connectivity index (χ0v) is 13.9. The first kappa shape index (κ1) is 15.4. The molecular formula is C18H18N2O3S. The third kappa shape index (κ3) is 2.34. The highest BCUT2D eigenvalue weighted by atomic mass is 32.2. The van der Waals surface area contributed by atoms with E-state index in [4.69, 9.17) is 0 Å². The lowest BCUT2D eigenvalue weighted by atomic mass is 10.1. The van der Waals surface area contributed by atoms with Crippen LogP contribution in [-0.4, -0.2) is 31.2 Å². The predicted octanol–water partition coefficient (Wildman–Crippen LogP) is 2.39. The van der Waals surface area contributed by atoms with Gasteiger partial charge in [0, 0.05) is 6.54 Å². The van der Waals surface area contributed by atoms with Crippen molar-refractivity contribution in [3.05, 3.63) is 60.2 Å². The van der Waals surface area contributed by atoms with Crippen LogP contribution in [-0.2, 0) is 21.4 Å². The van der Waals surface area contributed by atoms with Gasteiger partial charge in [-0.15, -0.1) is 0 Å². The average molecular weight is 342 g/mol. The van der Waals surface area contributed by atoms with Crippen molar-refractivity contribution >= 4 is 21.6 Å². The molecule has 0 N–H and O–H groups in total. The summed E-state index contributed by atoms with van der Waals surface area (Å²) >= 11 is 0. The Kier molecular flexibility index (Phi) is 3.66. The molecule has 0 radical (unpaired) electrons. The van der Waals surface area contributed by atoms with E-state index >= 15 is 0 Å². The molecule has 0 aliphatic carbocycles. The van der Waals surface area contributed by atoms with Crippen LogP contribution >= 0.6 is 0 Å². The third-order valence-electron chi connectivity index (χ3n) is 4.68. The summed E-state index contributed by atoms with van der Waals surface area (Å²) in [6.07, 6.45) is 1.30. The summed E-state index contributed by atoms with van der Waals surface area (Å²) in [7, 11) is -3.64. The van der Waals surface area contributed by atoms with Crippen molar-refractivity contribution in [2.45, 2.75) is 30.3 Å². The van der Waals surface area contributed by atoms with E-state index in [0.29, 0.717) is 25.2 Å². The number of amides is 1. The van der Waals surface area contributed by atoms with Crippen molar-refractivity contribution in [2.24, 2.45) is 0 Å². The maximum absolute atomic E-state index is 13.1. The second-order valence-electron chi connectivity index (χ2n) is 6.15. The van der Waals surface area contributed by atoms with E-state index in [1.54, 1.807) is 29.2 Å². The van der Waals surface area contributed by atoms with Gasteiger partial charge in [0.25, 0.3) is 0 Å². The number of para-hydroxylation sites is 1. The van der Waals surface area contributed by atoms with E-state index in [2.05, 4.69) is 0 Å². The van der Waals surface area contributed by atoms with Crippen molar-refractivity contribution < 1.29 is 13.2 Å². The Bertz CT molecular complexity index is 880. The number of benzene rings is 2. The molecule has 0 unspecified atom stereocenters. The molecule has 1 saturated heterocycles. The van der Waals surface area contributed by atoms with E-state index in [1.807, 2.05) is 30.3 Å².